The normalized spacial score (nSPS) is 16.1. The Bertz CT molecular complexity index is 836. The lowest BCUT2D eigenvalue weighted by molar-refractivity contribution is 0.198. The Morgan fingerprint density at radius 2 is 0.523 bits per heavy atom. The molecule has 0 N–H and O–H groups in total. The van der Waals surface area contributed by atoms with Crippen LogP contribution in [0, 0.1) is 0 Å². The third kappa shape index (κ3) is 14.4. The third-order valence-corrected chi connectivity index (χ3v) is 17.6. The van der Waals surface area contributed by atoms with E-state index in [-0.39, 0.29) is 52.9 Å². The Labute approximate surface area is 267 Å². The first-order valence-corrected chi connectivity index (χ1v) is 22.7. The molecule has 0 radical (unpaired) electrons. The van der Waals surface area contributed by atoms with E-state index in [1.807, 2.05) is 0 Å². The fraction of sp³-hybridized carbons (Fsp3) is 1.00. The molecule has 4 atom stereocenters. The second-order valence-corrected chi connectivity index (χ2v) is 19.8. The quantitative estimate of drug-likeness (QED) is 0.0681. The van der Waals surface area contributed by atoms with Crippen LogP contribution in [0.5, 0.6) is 0 Å². The predicted octanol–water partition coefficient (Wildman–Crippen LogP) is 9.91. The summed E-state index contributed by atoms with van der Waals surface area (Å²) in [7, 11) is -14.0. The minimum absolute atomic E-state index is 0.182. The van der Waals surface area contributed by atoms with Crippen LogP contribution in [0.3, 0.4) is 0 Å². The lowest BCUT2D eigenvalue weighted by Gasteiger charge is -2.32. The van der Waals surface area contributed by atoms with Crippen LogP contribution >= 0.6 is 30.4 Å². The minimum Gasteiger partial charge on any atom is -0.309 e. The van der Waals surface area contributed by atoms with Gasteiger partial charge in [0.05, 0.1) is 75.5 Å². The average molecular weight is 715 g/mol. The molecule has 0 saturated heterocycles. The number of hydrogen-bond acceptors (Lipinski definition) is 12. The van der Waals surface area contributed by atoms with E-state index in [1.165, 1.54) is 0 Å². The molecule has 266 valence electrons. The van der Waals surface area contributed by atoms with E-state index in [0.717, 1.165) is 0 Å². The number of rotatable bonds is 29. The molecule has 0 heterocycles. The van der Waals surface area contributed by atoms with E-state index >= 15 is 0 Å². The molecule has 0 aliphatic heterocycles. The average Bonchev–Trinajstić information content (AvgIpc) is 2.95. The molecule has 16 heteroatoms. The monoisotopic (exact) mass is 714 g/mol. The van der Waals surface area contributed by atoms with Crippen LogP contribution in [0.25, 0.3) is 0 Å². The van der Waals surface area contributed by atoms with E-state index in [9.17, 15) is 18.3 Å². The van der Waals surface area contributed by atoms with E-state index in [0.29, 0.717) is 38.5 Å². The molecule has 4 unspecified atom stereocenters. The fourth-order valence-electron chi connectivity index (χ4n) is 5.01. The summed E-state index contributed by atoms with van der Waals surface area (Å²) in [5.74, 6) is 0. The van der Waals surface area contributed by atoms with Crippen molar-refractivity contribution >= 4 is 30.4 Å². The molecular weight excluding hydrogens is 652 g/mol. The smallest absolute Gasteiger partial charge is 0.309 e. The molecule has 0 aromatic carbocycles. The van der Waals surface area contributed by atoms with Gasteiger partial charge >= 0.3 is 30.4 Å². The lowest BCUT2D eigenvalue weighted by Crippen LogP contribution is -2.22. The van der Waals surface area contributed by atoms with Crippen molar-refractivity contribution in [2.75, 3.05) is 52.9 Å². The van der Waals surface area contributed by atoms with Crippen molar-refractivity contribution < 1.29 is 54.5 Å². The molecule has 0 saturated carbocycles. The summed E-state index contributed by atoms with van der Waals surface area (Å²) in [4.78, 5) is 0. The van der Waals surface area contributed by atoms with Crippen molar-refractivity contribution in [3.63, 3.8) is 0 Å². The van der Waals surface area contributed by atoms with E-state index in [1.54, 1.807) is 69.2 Å². The zero-order valence-electron chi connectivity index (χ0n) is 28.9. The highest BCUT2D eigenvalue weighted by Crippen LogP contribution is 2.62. The highest BCUT2D eigenvalue weighted by Gasteiger charge is 2.42. The molecule has 0 aliphatic carbocycles. The SMILES string of the molecule is CCOP(=O)(OCC)C(C)CCC(CCC(CCC(C)P(=O)(OCC)OCC)P(=O)(OCC)OCC)P(=O)(OCC)OCC. The predicted molar refractivity (Wildman–Crippen MR) is 178 cm³/mol. The van der Waals surface area contributed by atoms with Crippen molar-refractivity contribution in [2.24, 2.45) is 0 Å². The van der Waals surface area contributed by atoms with E-state index < -0.39 is 53.0 Å². The molecule has 0 aromatic heterocycles. The molecule has 0 fully saturated rings. The van der Waals surface area contributed by atoms with Crippen LogP contribution in [-0.4, -0.2) is 75.5 Å². The third-order valence-electron chi connectivity index (χ3n) is 7.11. The summed E-state index contributed by atoms with van der Waals surface area (Å²) < 4.78 is 100. The van der Waals surface area contributed by atoms with Gasteiger partial charge in [-0.25, -0.2) is 0 Å². The maximum absolute atomic E-state index is 14.1. The van der Waals surface area contributed by atoms with E-state index in [4.69, 9.17) is 36.2 Å². The molecule has 44 heavy (non-hydrogen) atoms. The Kier molecular flexibility index (Phi) is 23.4. The summed E-state index contributed by atoms with van der Waals surface area (Å²) in [6.45, 7) is 19.3. The first-order chi connectivity index (χ1) is 20.7. The molecule has 0 spiro atoms. The molecule has 0 rings (SSSR count). The van der Waals surface area contributed by atoms with Gasteiger partial charge in [-0.1, -0.05) is 13.8 Å². The molecule has 0 bridgehead atoms. The van der Waals surface area contributed by atoms with Gasteiger partial charge in [0, 0.05) is 0 Å². The fourth-order valence-corrected chi connectivity index (χ4v) is 12.8. The molecule has 12 nitrogen and oxygen atoms in total. The molecular formula is C28H62O12P4. The second kappa shape index (κ2) is 23.0. The van der Waals surface area contributed by atoms with Gasteiger partial charge in [0.1, 0.15) is 0 Å². The Morgan fingerprint density at radius 1 is 0.341 bits per heavy atom. The second-order valence-electron chi connectivity index (χ2n) is 10.2. The van der Waals surface area contributed by atoms with Gasteiger partial charge in [0.15, 0.2) is 0 Å². The van der Waals surface area contributed by atoms with Crippen molar-refractivity contribution in [1.29, 1.82) is 0 Å². The maximum Gasteiger partial charge on any atom is 0.333 e. The molecule has 0 amide bonds. The van der Waals surface area contributed by atoms with Crippen LogP contribution in [0.1, 0.15) is 108 Å². The van der Waals surface area contributed by atoms with Crippen LogP contribution in [0.4, 0.5) is 0 Å². The summed E-state index contributed by atoms with van der Waals surface area (Å²) in [6.07, 6.45) is 2.10. The van der Waals surface area contributed by atoms with Gasteiger partial charge in [0.2, 0.25) is 0 Å². The van der Waals surface area contributed by atoms with Crippen LogP contribution < -0.4 is 0 Å². The number of hydrogen-bond donors (Lipinski definition) is 0. The standard InChI is InChI=1S/C28H62O12P4/c1-11-33-41(29,34-12-2)25(9)19-21-27(43(31,37-15-5)38-16-6)23-24-28(44(32,39-17-7)40-18-8)22-20-26(10)42(30,35-13-3)36-14-4/h25-28H,11-24H2,1-10H3. The minimum atomic E-state index is -3.62. The molecule has 0 aromatic rings. The molecule has 0 aliphatic rings. The summed E-state index contributed by atoms with van der Waals surface area (Å²) >= 11 is 0. The van der Waals surface area contributed by atoms with Crippen molar-refractivity contribution in [3.05, 3.63) is 0 Å². The maximum atomic E-state index is 14.1. The van der Waals surface area contributed by atoms with Gasteiger partial charge in [-0.2, -0.15) is 0 Å². The summed E-state index contributed by atoms with van der Waals surface area (Å²) in [5.41, 5.74) is -2.09. The topological polar surface area (TPSA) is 142 Å². The Hall–Kier alpha value is 0.600. The van der Waals surface area contributed by atoms with Crippen LogP contribution in [-0.2, 0) is 54.5 Å². The largest absolute Gasteiger partial charge is 0.333 e. The van der Waals surface area contributed by atoms with Gasteiger partial charge < -0.3 is 36.2 Å². The highest BCUT2D eigenvalue weighted by atomic mass is 31.2. The van der Waals surface area contributed by atoms with Crippen molar-refractivity contribution in [1.82, 2.24) is 0 Å². The zero-order valence-corrected chi connectivity index (χ0v) is 32.5. The van der Waals surface area contributed by atoms with Gasteiger partial charge in [-0.3, -0.25) is 18.3 Å². The Morgan fingerprint density at radius 3 is 0.727 bits per heavy atom. The van der Waals surface area contributed by atoms with Crippen LogP contribution in [0.15, 0.2) is 0 Å². The van der Waals surface area contributed by atoms with Crippen LogP contribution in [0.2, 0.25) is 0 Å². The summed E-state index contributed by atoms with van der Waals surface area (Å²) in [6, 6.07) is 0. The van der Waals surface area contributed by atoms with E-state index in [2.05, 4.69) is 0 Å². The van der Waals surface area contributed by atoms with Crippen molar-refractivity contribution in [3.8, 4) is 0 Å². The van der Waals surface area contributed by atoms with Gasteiger partial charge in [-0.05, 0) is 93.9 Å². The highest BCUT2D eigenvalue weighted by molar-refractivity contribution is 7.55. The first kappa shape index (κ1) is 44.6. The first-order valence-electron chi connectivity index (χ1n) is 16.3. The summed E-state index contributed by atoms with van der Waals surface area (Å²) in [5, 5.41) is 0. The Balaban J connectivity index is 6.35. The lowest BCUT2D eigenvalue weighted by atomic mass is 10.1. The van der Waals surface area contributed by atoms with Gasteiger partial charge in [0.25, 0.3) is 0 Å². The van der Waals surface area contributed by atoms with Gasteiger partial charge in [-0.15, -0.1) is 0 Å². The zero-order chi connectivity index (χ0) is 33.9. The van der Waals surface area contributed by atoms with Crippen molar-refractivity contribution in [2.45, 2.75) is 130 Å².